The number of carbonyl (C=O) groups is 1. The molecule has 1 saturated heterocycles. The highest BCUT2D eigenvalue weighted by molar-refractivity contribution is 5.81. The van der Waals surface area contributed by atoms with Gasteiger partial charge >= 0.3 is 0 Å². The van der Waals surface area contributed by atoms with E-state index in [-0.39, 0.29) is 13.2 Å². The topological polar surface area (TPSA) is 139 Å². The third kappa shape index (κ3) is 3.12. The number of aliphatic hydroxyl groups is 5. The van der Waals surface area contributed by atoms with Crippen molar-refractivity contribution in [3.63, 3.8) is 0 Å². The molecule has 1 heterocycles. The lowest BCUT2D eigenvalue weighted by Gasteiger charge is -2.39. The smallest absolute Gasteiger partial charge is 0.252 e. The van der Waals surface area contributed by atoms with E-state index >= 15 is 0 Å². The molecule has 0 aliphatic carbocycles. The van der Waals surface area contributed by atoms with Gasteiger partial charge in [0.1, 0.15) is 24.4 Å². The van der Waals surface area contributed by atoms with Gasteiger partial charge in [0.2, 0.25) is 0 Å². The van der Waals surface area contributed by atoms with E-state index < -0.39 is 43.0 Å². The maximum Gasteiger partial charge on any atom is 0.252 e. The molecule has 0 saturated carbocycles. The number of rotatable bonds is 4. The maximum absolute atomic E-state index is 11.5. The van der Waals surface area contributed by atoms with Crippen LogP contribution in [0.3, 0.4) is 0 Å². The van der Waals surface area contributed by atoms with Crippen molar-refractivity contribution in [2.75, 3.05) is 19.8 Å². The van der Waals surface area contributed by atoms with Crippen molar-refractivity contribution in [1.82, 2.24) is 5.32 Å². The van der Waals surface area contributed by atoms with Crippen LogP contribution in [-0.4, -0.2) is 81.7 Å². The summed E-state index contributed by atoms with van der Waals surface area (Å²) in [5.41, 5.74) is 0. The maximum atomic E-state index is 11.5. The highest BCUT2D eigenvalue weighted by Crippen LogP contribution is 2.21. The molecule has 100 valence electrons. The Hall–Kier alpha value is -0.770. The fourth-order valence-electron chi connectivity index (χ4n) is 1.60. The predicted molar refractivity (Wildman–Crippen MR) is 53.9 cm³/mol. The zero-order valence-corrected chi connectivity index (χ0v) is 9.06. The zero-order chi connectivity index (χ0) is 13.0. The fourth-order valence-corrected chi connectivity index (χ4v) is 1.60. The highest BCUT2D eigenvalue weighted by Gasteiger charge is 2.46. The Morgan fingerprint density at radius 2 is 1.76 bits per heavy atom. The van der Waals surface area contributed by atoms with Crippen molar-refractivity contribution < 1.29 is 35.1 Å². The molecule has 1 aliphatic heterocycles. The molecule has 4 unspecified atom stereocenters. The lowest BCUT2D eigenvalue weighted by atomic mass is 9.95. The summed E-state index contributed by atoms with van der Waals surface area (Å²) >= 11 is 0. The van der Waals surface area contributed by atoms with Crippen molar-refractivity contribution in [3.8, 4) is 0 Å². The minimum absolute atomic E-state index is 0.0200. The Bertz CT molecular complexity index is 260. The lowest BCUT2D eigenvalue weighted by molar-refractivity contribution is -0.226. The van der Waals surface area contributed by atoms with Gasteiger partial charge in [-0.3, -0.25) is 4.79 Å². The molecule has 6 N–H and O–H groups in total. The molecule has 0 aromatic carbocycles. The number of hydrogen-bond donors (Lipinski definition) is 6. The lowest BCUT2D eigenvalue weighted by Crippen LogP contribution is -2.62. The van der Waals surface area contributed by atoms with Crippen molar-refractivity contribution in [1.29, 1.82) is 0 Å². The van der Waals surface area contributed by atoms with E-state index in [9.17, 15) is 20.1 Å². The largest absolute Gasteiger partial charge is 0.395 e. The van der Waals surface area contributed by atoms with E-state index in [2.05, 4.69) is 5.32 Å². The van der Waals surface area contributed by atoms with Crippen molar-refractivity contribution in [2.45, 2.75) is 30.5 Å². The molecule has 5 atom stereocenters. The molecule has 17 heavy (non-hydrogen) atoms. The molecule has 1 amide bonds. The molecule has 0 aromatic rings. The van der Waals surface area contributed by atoms with E-state index in [1.165, 1.54) is 0 Å². The summed E-state index contributed by atoms with van der Waals surface area (Å²) in [6, 6.07) is 0. The van der Waals surface area contributed by atoms with Gasteiger partial charge in [-0.05, 0) is 0 Å². The zero-order valence-electron chi connectivity index (χ0n) is 9.06. The van der Waals surface area contributed by atoms with Crippen molar-refractivity contribution >= 4 is 5.91 Å². The number of ether oxygens (including phenoxy) is 1. The van der Waals surface area contributed by atoms with E-state index in [1.807, 2.05) is 0 Å². The molecule has 0 spiro atoms. The summed E-state index contributed by atoms with van der Waals surface area (Å²) < 4.78 is 4.99. The molecule has 8 heteroatoms. The fraction of sp³-hybridized carbons (Fsp3) is 0.889. The van der Waals surface area contributed by atoms with Crippen molar-refractivity contribution in [2.24, 2.45) is 0 Å². The monoisotopic (exact) mass is 251 g/mol. The molecular formula is C9H17NO7. The SMILES string of the molecule is O=C(NCCO)[C@@H]1OC(CO)C(O)C(O)C1O. The van der Waals surface area contributed by atoms with Gasteiger partial charge in [-0.15, -0.1) is 0 Å². The van der Waals surface area contributed by atoms with Crippen LogP contribution >= 0.6 is 0 Å². The third-order valence-electron chi connectivity index (χ3n) is 2.56. The summed E-state index contributed by atoms with van der Waals surface area (Å²) in [6.07, 6.45) is -7.16. The van der Waals surface area contributed by atoms with Crippen LogP contribution in [0.15, 0.2) is 0 Å². The number of aliphatic hydroxyl groups excluding tert-OH is 5. The first-order chi connectivity index (χ1) is 8.02. The molecule has 0 aromatic heterocycles. The first-order valence-corrected chi connectivity index (χ1v) is 5.22. The molecule has 1 fully saturated rings. The summed E-state index contributed by atoms with van der Waals surface area (Å²) in [5, 5.41) is 48.1. The number of hydrogen-bond acceptors (Lipinski definition) is 7. The second kappa shape index (κ2) is 6.24. The average molecular weight is 251 g/mol. The van der Waals surface area contributed by atoms with Crippen LogP contribution in [0.2, 0.25) is 0 Å². The Morgan fingerprint density at radius 1 is 1.12 bits per heavy atom. The van der Waals surface area contributed by atoms with E-state index in [0.717, 1.165) is 0 Å². The van der Waals surface area contributed by atoms with Gasteiger partial charge in [0.15, 0.2) is 6.10 Å². The van der Waals surface area contributed by atoms with Crippen LogP contribution in [0.25, 0.3) is 0 Å². The van der Waals surface area contributed by atoms with Gasteiger partial charge < -0.3 is 35.6 Å². The first-order valence-electron chi connectivity index (χ1n) is 5.22. The van der Waals surface area contributed by atoms with Crippen LogP contribution in [0, 0.1) is 0 Å². The second-order valence-corrected chi connectivity index (χ2v) is 3.76. The molecule has 0 radical (unpaired) electrons. The van der Waals surface area contributed by atoms with Gasteiger partial charge in [0, 0.05) is 6.54 Å². The number of carbonyl (C=O) groups excluding carboxylic acids is 1. The normalized spacial score (nSPS) is 37.8. The first kappa shape index (κ1) is 14.3. The van der Waals surface area contributed by atoms with Gasteiger partial charge in [-0.1, -0.05) is 0 Å². The summed E-state index contributed by atoms with van der Waals surface area (Å²) in [6.45, 7) is -0.883. The summed E-state index contributed by atoms with van der Waals surface area (Å²) in [4.78, 5) is 11.5. The molecule has 8 nitrogen and oxygen atoms in total. The van der Waals surface area contributed by atoms with Crippen molar-refractivity contribution in [3.05, 3.63) is 0 Å². The van der Waals surface area contributed by atoms with Crippen LogP contribution in [0.4, 0.5) is 0 Å². The summed E-state index contributed by atoms with van der Waals surface area (Å²) in [5.74, 6) is -0.726. The highest BCUT2D eigenvalue weighted by atomic mass is 16.5. The Morgan fingerprint density at radius 3 is 2.29 bits per heavy atom. The molecular weight excluding hydrogens is 234 g/mol. The van der Waals surface area contributed by atoms with Gasteiger partial charge in [0.25, 0.3) is 5.91 Å². The van der Waals surface area contributed by atoms with E-state index in [0.29, 0.717) is 0 Å². The van der Waals surface area contributed by atoms with Gasteiger partial charge in [-0.25, -0.2) is 0 Å². The standard InChI is InChI=1S/C9H17NO7/c11-2-1-10-9(16)8-7(15)6(14)5(13)4(3-12)17-8/h4-8,11-15H,1-3H2,(H,10,16)/t4?,5?,6?,7?,8-/m1/s1. The third-order valence-corrected chi connectivity index (χ3v) is 2.56. The van der Waals surface area contributed by atoms with Gasteiger partial charge in [0.05, 0.1) is 13.2 Å². The summed E-state index contributed by atoms with van der Waals surface area (Å²) in [7, 11) is 0. The van der Waals surface area contributed by atoms with Crippen LogP contribution < -0.4 is 5.32 Å². The molecule has 0 bridgehead atoms. The van der Waals surface area contributed by atoms with Crippen LogP contribution in [0.5, 0.6) is 0 Å². The Kier molecular flexibility index (Phi) is 5.25. The minimum atomic E-state index is -1.59. The second-order valence-electron chi connectivity index (χ2n) is 3.76. The number of nitrogens with one attached hydrogen (secondary N) is 1. The van der Waals surface area contributed by atoms with Gasteiger partial charge in [-0.2, -0.15) is 0 Å². The van der Waals surface area contributed by atoms with E-state index in [1.54, 1.807) is 0 Å². The van der Waals surface area contributed by atoms with Crippen LogP contribution in [-0.2, 0) is 9.53 Å². The Labute approximate surface area is 97.4 Å². The number of amides is 1. The average Bonchev–Trinajstić information content (AvgIpc) is 2.33. The Balaban J connectivity index is 2.68. The van der Waals surface area contributed by atoms with Crippen LogP contribution in [0.1, 0.15) is 0 Å². The molecule has 1 rings (SSSR count). The quantitative estimate of drug-likeness (QED) is 0.299. The predicted octanol–water partition coefficient (Wildman–Crippen LogP) is -4.06. The van der Waals surface area contributed by atoms with E-state index in [4.69, 9.17) is 14.9 Å². The molecule has 1 aliphatic rings. The minimum Gasteiger partial charge on any atom is -0.395 e.